The molecule has 2 aromatic rings. The molecule has 0 spiro atoms. The van der Waals surface area contributed by atoms with E-state index in [1.54, 1.807) is 17.5 Å². The van der Waals surface area contributed by atoms with Crippen molar-refractivity contribution in [2.75, 3.05) is 0 Å². The van der Waals surface area contributed by atoms with Gasteiger partial charge in [-0.2, -0.15) is 0 Å². The van der Waals surface area contributed by atoms with Crippen molar-refractivity contribution >= 4 is 34.5 Å². The van der Waals surface area contributed by atoms with E-state index in [0.29, 0.717) is 5.15 Å². The second-order valence-corrected chi connectivity index (χ2v) is 4.39. The van der Waals surface area contributed by atoms with Crippen molar-refractivity contribution < 1.29 is 0 Å². The molecule has 14 heavy (non-hydrogen) atoms. The normalized spacial score (nSPS) is 10.5. The Morgan fingerprint density at radius 1 is 1.36 bits per heavy atom. The number of hydrogen-bond acceptors (Lipinski definition) is 3. The Labute approximate surface area is 95.5 Å². The highest BCUT2D eigenvalue weighted by molar-refractivity contribution is 7.13. The molecule has 0 amide bonds. The summed E-state index contributed by atoms with van der Waals surface area (Å²) in [7, 11) is 0. The Kier molecular flexibility index (Phi) is 2.72. The van der Waals surface area contributed by atoms with Crippen molar-refractivity contribution in [3.05, 3.63) is 33.6 Å². The van der Waals surface area contributed by atoms with Crippen LogP contribution in [0.2, 0.25) is 10.4 Å². The molecule has 2 nitrogen and oxygen atoms in total. The fourth-order valence-electron chi connectivity index (χ4n) is 1.14. The Balaban J connectivity index is 2.58. The maximum absolute atomic E-state index is 5.96. The number of thiophene rings is 1. The Bertz CT molecular complexity index is 468. The summed E-state index contributed by atoms with van der Waals surface area (Å²) < 4.78 is 0. The first-order chi connectivity index (χ1) is 6.68. The van der Waals surface area contributed by atoms with Crippen LogP contribution in [-0.4, -0.2) is 9.97 Å². The van der Waals surface area contributed by atoms with Crippen LogP contribution in [0.4, 0.5) is 0 Å². The number of rotatable bonds is 1. The molecule has 0 atom stereocenters. The van der Waals surface area contributed by atoms with E-state index in [9.17, 15) is 0 Å². The zero-order chi connectivity index (χ0) is 10.1. The quantitative estimate of drug-likeness (QED) is 0.563. The van der Waals surface area contributed by atoms with Crippen LogP contribution in [-0.2, 0) is 0 Å². The molecule has 0 bridgehead atoms. The van der Waals surface area contributed by atoms with Gasteiger partial charge in [0.15, 0.2) is 0 Å². The predicted octanol–water partition coefficient (Wildman–Crippen LogP) is 3.82. The van der Waals surface area contributed by atoms with E-state index in [2.05, 4.69) is 9.97 Å². The molecule has 5 heteroatoms. The van der Waals surface area contributed by atoms with Crippen LogP contribution in [0.1, 0.15) is 5.56 Å². The van der Waals surface area contributed by atoms with Gasteiger partial charge in [0, 0.05) is 16.6 Å². The minimum atomic E-state index is 0.174. The van der Waals surface area contributed by atoms with Gasteiger partial charge in [0.2, 0.25) is 5.28 Å². The standard InChI is InChI=1S/C9H6Cl2N2S/c1-5-2-3-14-7(5)6-4-12-9(11)13-8(6)10/h2-4H,1H3. The first-order valence-corrected chi connectivity index (χ1v) is 5.54. The highest BCUT2D eigenvalue weighted by atomic mass is 35.5. The summed E-state index contributed by atoms with van der Waals surface area (Å²) in [6.07, 6.45) is 1.65. The van der Waals surface area contributed by atoms with Gasteiger partial charge in [-0.25, -0.2) is 9.97 Å². The number of aryl methyl sites for hydroxylation is 1. The van der Waals surface area contributed by atoms with Crippen molar-refractivity contribution in [3.8, 4) is 10.4 Å². The third-order valence-electron chi connectivity index (χ3n) is 1.82. The predicted molar refractivity (Wildman–Crippen MR) is 60.1 cm³/mol. The monoisotopic (exact) mass is 244 g/mol. The smallest absolute Gasteiger partial charge is 0.223 e. The van der Waals surface area contributed by atoms with E-state index in [0.717, 1.165) is 10.4 Å². The molecule has 0 aliphatic rings. The van der Waals surface area contributed by atoms with Gasteiger partial charge in [0.25, 0.3) is 0 Å². The molecule has 2 heterocycles. The highest BCUT2D eigenvalue weighted by Crippen LogP contribution is 2.33. The molecule has 2 rings (SSSR count). The fourth-order valence-corrected chi connectivity index (χ4v) is 2.54. The Hall–Kier alpha value is -0.640. The van der Waals surface area contributed by atoms with Crippen LogP contribution in [0, 0.1) is 6.92 Å². The summed E-state index contributed by atoms with van der Waals surface area (Å²) in [6, 6.07) is 2.03. The van der Waals surface area contributed by atoms with Gasteiger partial charge in [-0.1, -0.05) is 11.6 Å². The van der Waals surface area contributed by atoms with E-state index >= 15 is 0 Å². The van der Waals surface area contributed by atoms with Gasteiger partial charge >= 0.3 is 0 Å². The van der Waals surface area contributed by atoms with Gasteiger partial charge < -0.3 is 0 Å². The van der Waals surface area contributed by atoms with Crippen molar-refractivity contribution in [1.82, 2.24) is 9.97 Å². The van der Waals surface area contributed by atoms with Crippen molar-refractivity contribution in [1.29, 1.82) is 0 Å². The third-order valence-corrected chi connectivity index (χ3v) is 3.34. The Morgan fingerprint density at radius 3 is 2.71 bits per heavy atom. The topological polar surface area (TPSA) is 25.8 Å². The molecular formula is C9H6Cl2N2S. The van der Waals surface area contributed by atoms with Crippen molar-refractivity contribution in [3.63, 3.8) is 0 Å². The molecular weight excluding hydrogens is 239 g/mol. The number of aromatic nitrogens is 2. The summed E-state index contributed by atoms with van der Waals surface area (Å²) in [6.45, 7) is 2.02. The number of halogens is 2. The van der Waals surface area contributed by atoms with Crippen molar-refractivity contribution in [2.45, 2.75) is 6.92 Å². The van der Waals surface area contributed by atoms with Crippen molar-refractivity contribution in [2.24, 2.45) is 0 Å². The molecule has 0 saturated carbocycles. The number of hydrogen-bond donors (Lipinski definition) is 0. The van der Waals surface area contributed by atoms with Gasteiger partial charge in [-0.3, -0.25) is 0 Å². The molecule has 0 fully saturated rings. The van der Waals surface area contributed by atoms with Gasteiger partial charge in [-0.05, 0) is 35.5 Å². The SMILES string of the molecule is Cc1ccsc1-c1cnc(Cl)nc1Cl. The van der Waals surface area contributed by atoms with Crippen LogP contribution >= 0.6 is 34.5 Å². The maximum atomic E-state index is 5.96. The average Bonchev–Trinajstić information content (AvgIpc) is 2.52. The number of nitrogens with zero attached hydrogens (tertiary/aromatic N) is 2. The minimum absolute atomic E-state index is 0.174. The third kappa shape index (κ3) is 1.75. The van der Waals surface area contributed by atoms with E-state index < -0.39 is 0 Å². The molecule has 2 aromatic heterocycles. The van der Waals surface area contributed by atoms with E-state index in [1.165, 1.54) is 5.56 Å². The molecule has 72 valence electrons. The zero-order valence-corrected chi connectivity index (χ0v) is 9.62. The summed E-state index contributed by atoms with van der Waals surface area (Å²) >= 11 is 13.2. The molecule has 0 N–H and O–H groups in total. The lowest BCUT2D eigenvalue weighted by atomic mass is 10.2. The molecule has 0 aromatic carbocycles. The molecule has 0 aliphatic heterocycles. The van der Waals surface area contributed by atoms with Crippen LogP contribution in [0.5, 0.6) is 0 Å². The van der Waals surface area contributed by atoms with E-state index in [4.69, 9.17) is 23.2 Å². The first kappa shape index (κ1) is 9.90. The van der Waals surface area contributed by atoms with Crippen LogP contribution < -0.4 is 0 Å². The highest BCUT2D eigenvalue weighted by Gasteiger charge is 2.09. The molecule has 0 unspecified atom stereocenters. The summed E-state index contributed by atoms with van der Waals surface area (Å²) in [5.74, 6) is 0. The molecule has 0 radical (unpaired) electrons. The van der Waals surface area contributed by atoms with E-state index in [1.807, 2.05) is 18.4 Å². The van der Waals surface area contributed by atoms with E-state index in [-0.39, 0.29) is 5.28 Å². The summed E-state index contributed by atoms with van der Waals surface area (Å²) in [4.78, 5) is 8.90. The lowest BCUT2D eigenvalue weighted by molar-refractivity contribution is 1.17. The average molecular weight is 245 g/mol. The fraction of sp³-hybridized carbons (Fsp3) is 0.111. The van der Waals surface area contributed by atoms with Gasteiger partial charge in [-0.15, -0.1) is 11.3 Å². The zero-order valence-electron chi connectivity index (χ0n) is 7.29. The second kappa shape index (κ2) is 3.85. The first-order valence-electron chi connectivity index (χ1n) is 3.91. The molecule has 0 saturated heterocycles. The van der Waals surface area contributed by atoms with Gasteiger partial charge in [0.1, 0.15) is 5.15 Å². The van der Waals surface area contributed by atoms with Crippen LogP contribution in [0.25, 0.3) is 10.4 Å². The van der Waals surface area contributed by atoms with Crippen LogP contribution in [0.15, 0.2) is 17.6 Å². The molecule has 0 aliphatic carbocycles. The van der Waals surface area contributed by atoms with Crippen LogP contribution in [0.3, 0.4) is 0 Å². The van der Waals surface area contributed by atoms with Gasteiger partial charge in [0.05, 0.1) is 0 Å². The summed E-state index contributed by atoms with van der Waals surface area (Å²) in [5, 5.41) is 2.58. The lowest BCUT2D eigenvalue weighted by Crippen LogP contribution is -1.86. The minimum Gasteiger partial charge on any atom is -0.226 e. The maximum Gasteiger partial charge on any atom is 0.223 e. The summed E-state index contributed by atoms with van der Waals surface area (Å²) in [5.41, 5.74) is 2.01. The second-order valence-electron chi connectivity index (χ2n) is 2.78. The largest absolute Gasteiger partial charge is 0.226 e. The lowest BCUT2D eigenvalue weighted by Gasteiger charge is -2.01. The Morgan fingerprint density at radius 2 is 2.14 bits per heavy atom.